The van der Waals surface area contributed by atoms with Crippen LogP contribution in [0.15, 0.2) is 53.5 Å². The molecule has 0 radical (unpaired) electrons. The first kappa shape index (κ1) is 21.2. The molecule has 1 fully saturated rings. The summed E-state index contributed by atoms with van der Waals surface area (Å²) in [6.07, 6.45) is 0.865. The summed E-state index contributed by atoms with van der Waals surface area (Å²) < 4.78 is 1.42. The van der Waals surface area contributed by atoms with Crippen LogP contribution in [-0.4, -0.2) is 83.2 Å². The predicted molar refractivity (Wildman–Crippen MR) is 113 cm³/mol. The maximum atomic E-state index is 12.1. The van der Waals surface area contributed by atoms with E-state index in [2.05, 4.69) is 34.1 Å². The molecule has 2 heterocycles. The highest BCUT2D eigenvalue weighted by atomic mass is 16.3. The van der Waals surface area contributed by atoms with Crippen molar-refractivity contribution in [2.24, 2.45) is 0 Å². The van der Waals surface area contributed by atoms with Gasteiger partial charge in [0.1, 0.15) is 0 Å². The van der Waals surface area contributed by atoms with E-state index >= 15 is 0 Å². The number of carbonyl (C=O) groups excluding carboxylic acids is 1. The van der Waals surface area contributed by atoms with Crippen LogP contribution < -0.4 is 5.56 Å². The van der Waals surface area contributed by atoms with Crippen LogP contribution in [0.3, 0.4) is 0 Å². The van der Waals surface area contributed by atoms with Crippen LogP contribution in [0.2, 0.25) is 0 Å². The molecule has 29 heavy (non-hydrogen) atoms. The Balaban J connectivity index is 1.50. The molecule has 1 aliphatic heterocycles. The van der Waals surface area contributed by atoms with Gasteiger partial charge < -0.3 is 14.6 Å². The van der Waals surface area contributed by atoms with Gasteiger partial charge in [0.15, 0.2) is 0 Å². The Morgan fingerprint density at radius 2 is 1.66 bits per heavy atom. The van der Waals surface area contributed by atoms with E-state index in [1.54, 1.807) is 14.1 Å². The number of β-amino-alcohol motifs (C(OH)–C–C–N with tert-alkyl or cyclic N) is 1. The van der Waals surface area contributed by atoms with Crippen molar-refractivity contribution in [3.63, 3.8) is 0 Å². The van der Waals surface area contributed by atoms with Gasteiger partial charge >= 0.3 is 0 Å². The summed E-state index contributed by atoms with van der Waals surface area (Å²) in [5.74, 6) is -0.164. The largest absolute Gasteiger partial charge is 0.390 e. The van der Waals surface area contributed by atoms with Crippen molar-refractivity contribution in [2.75, 3.05) is 46.8 Å². The van der Waals surface area contributed by atoms with E-state index in [-0.39, 0.29) is 18.0 Å². The lowest BCUT2D eigenvalue weighted by atomic mass is 10.2. The molecule has 0 spiro atoms. The molecule has 1 amide bonds. The third kappa shape index (κ3) is 6.00. The van der Waals surface area contributed by atoms with Crippen molar-refractivity contribution in [1.29, 1.82) is 0 Å². The predicted octanol–water partition coefficient (Wildman–Crippen LogP) is 0.729. The van der Waals surface area contributed by atoms with E-state index in [4.69, 9.17) is 0 Å². The normalized spacial score (nSPS) is 16.5. The van der Waals surface area contributed by atoms with E-state index in [0.717, 1.165) is 32.7 Å². The molecule has 7 nitrogen and oxygen atoms in total. The van der Waals surface area contributed by atoms with E-state index in [0.29, 0.717) is 12.1 Å². The smallest absolute Gasteiger partial charge is 0.254 e. The second-order valence-electron chi connectivity index (χ2n) is 7.82. The van der Waals surface area contributed by atoms with E-state index in [1.807, 2.05) is 6.07 Å². The van der Waals surface area contributed by atoms with Crippen LogP contribution in [0.1, 0.15) is 15.9 Å². The SMILES string of the molecule is CN(C)C(=O)c1ccc(=O)n(C[C@H](O)CN2CCN(Cc3ccccc3)CC2)c1. The number of carbonyl (C=O) groups is 1. The van der Waals surface area contributed by atoms with Gasteiger partial charge in [-0.3, -0.25) is 19.4 Å². The lowest BCUT2D eigenvalue weighted by Crippen LogP contribution is -2.48. The number of piperazine rings is 1. The first-order chi connectivity index (χ1) is 13.9. The van der Waals surface area contributed by atoms with Gasteiger partial charge in [-0.15, -0.1) is 0 Å². The number of aliphatic hydroxyl groups is 1. The van der Waals surface area contributed by atoms with Gasteiger partial charge in [-0.25, -0.2) is 0 Å². The number of rotatable bonds is 7. The van der Waals surface area contributed by atoms with E-state index in [1.165, 1.54) is 33.4 Å². The minimum atomic E-state index is -0.668. The third-order valence-electron chi connectivity index (χ3n) is 5.23. The number of pyridine rings is 1. The van der Waals surface area contributed by atoms with Gasteiger partial charge in [0.05, 0.1) is 18.2 Å². The van der Waals surface area contributed by atoms with Crippen molar-refractivity contribution in [3.8, 4) is 0 Å². The van der Waals surface area contributed by atoms with Crippen LogP contribution in [0.5, 0.6) is 0 Å². The lowest BCUT2D eigenvalue weighted by molar-refractivity contribution is 0.0616. The van der Waals surface area contributed by atoms with Crippen LogP contribution in [0.4, 0.5) is 0 Å². The van der Waals surface area contributed by atoms with E-state index < -0.39 is 6.10 Å². The summed E-state index contributed by atoms with van der Waals surface area (Å²) in [4.78, 5) is 30.3. The molecule has 1 aromatic carbocycles. The highest BCUT2D eigenvalue weighted by Gasteiger charge is 2.20. The number of aromatic nitrogens is 1. The van der Waals surface area contributed by atoms with Crippen molar-refractivity contribution < 1.29 is 9.90 Å². The molecule has 1 N–H and O–H groups in total. The molecule has 156 valence electrons. The minimum Gasteiger partial charge on any atom is -0.390 e. The van der Waals surface area contributed by atoms with Gasteiger partial charge in [0.25, 0.3) is 11.5 Å². The Hall–Kier alpha value is -2.48. The fourth-order valence-corrected chi connectivity index (χ4v) is 3.61. The van der Waals surface area contributed by atoms with Crippen molar-refractivity contribution >= 4 is 5.91 Å². The number of amides is 1. The molecule has 1 aromatic heterocycles. The minimum absolute atomic E-state index is 0.164. The van der Waals surface area contributed by atoms with Gasteiger partial charge in [-0.2, -0.15) is 0 Å². The number of benzene rings is 1. The zero-order valence-corrected chi connectivity index (χ0v) is 17.2. The average Bonchev–Trinajstić information content (AvgIpc) is 2.71. The summed E-state index contributed by atoms with van der Waals surface area (Å²) in [5.41, 5.74) is 1.54. The summed E-state index contributed by atoms with van der Waals surface area (Å²) in [7, 11) is 3.34. The van der Waals surface area contributed by atoms with Crippen LogP contribution in [0, 0.1) is 0 Å². The van der Waals surface area contributed by atoms with Gasteiger partial charge in [-0.1, -0.05) is 30.3 Å². The van der Waals surface area contributed by atoms with Crippen molar-refractivity contribution in [1.82, 2.24) is 19.3 Å². The molecular formula is C22H30N4O3. The maximum absolute atomic E-state index is 12.1. The first-order valence-electron chi connectivity index (χ1n) is 10.0. The summed E-state index contributed by atoms with van der Waals surface area (Å²) in [5, 5.41) is 10.5. The molecule has 1 aliphatic rings. The summed E-state index contributed by atoms with van der Waals surface area (Å²) in [6.45, 7) is 5.31. The fourth-order valence-electron chi connectivity index (χ4n) is 3.61. The Kier molecular flexibility index (Phi) is 7.19. The Bertz CT molecular complexity index is 858. The molecule has 7 heteroatoms. The summed E-state index contributed by atoms with van der Waals surface area (Å²) in [6, 6.07) is 13.3. The molecule has 1 saturated heterocycles. The molecule has 0 saturated carbocycles. The van der Waals surface area contributed by atoms with Gasteiger partial charge in [0, 0.05) is 65.6 Å². The van der Waals surface area contributed by atoms with Crippen molar-refractivity contribution in [3.05, 3.63) is 70.1 Å². The molecule has 1 atom stereocenters. The third-order valence-corrected chi connectivity index (χ3v) is 5.23. The molecule has 2 aromatic rings. The van der Waals surface area contributed by atoms with Gasteiger partial charge in [-0.05, 0) is 11.6 Å². The Labute approximate surface area is 171 Å². The monoisotopic (exact) mass is 398 g/mol. The number of hydrogen-bond donors (Lipinski definition) is 1. The summed E-state index contributed by atoms with van der Waals surface area (Å²) >= 11 is 0. The maximum Gasteiger partial charge on any atom is 0.254 e. The lowest BCUT2D eigenvalue weighted by Gasteiger charge is -2.35. The van der Waals surface area contributed by atoms with Crippen LogP contribution >= 0.6 is 0 Å². The molecule has 0 unspecified atom stereocenters. The molecule has 0 bridgehead atoms. The highest BCUT2D eigenvalue weighted by Crippen LogP contribution is 2.09. The standard InChI is InChI=1S/C22H30N4O3/c1-23(2)22(29)19-8-9-21(28)26(15-19)17-20(27)16-25-12-10-24(11-13-25)14-18-6-4-3-5-7-18/h3-9,15,20,27H,10-14,16-17H2,1-2H3/t20-/m1/s1. The second kappa shape index (κ2) is 9.82. The first-order valence-corrected chi connectivity index (χ1v) is 10.0. The van der Waals surface area contributed by atoms with Crippen molar-refractivity contribution in [2.45, 2.75) is 19.2 Å². The van der Waals surface area contributed by atoms with Crippen LogP contribution in [0.25, 0.3) is 0 Å². The molecule has 0 aliphatic carbocycles. The average molecular weight is 399 g/mol. The topological polar surface area (TPSA) is 69.0 Å². The second-order valence-corrected chi connectivity index (χ2v) is 7.82. The number of nitrogens with zero attached hydrogens (tertiary/aromatic N) is 4. The zero-order valence-electron chi connectivity index (χ0n) is 17.2. The fraction of sp³-hybridized carbons (Fsp3) is 0.455. The van der Waals surface area contributed by atoms with Crippen LogP contribution in [-0.2, 0) is 13.1 Å². The molecular weight excluding hydrogens is 368 g/mol. The Morgan fingerprint density at radius 1 is 1.00 bits per heavy atom. The number of hydrogen-bond acceptors (Lipinski definition) is 5. The quantitative estimate of drug-likeness (QED) is 0.745. The Morgan fingerprint density at radius 3 is 2.31 bits per heavy atom. The van der Waals surface area contributed by atoms with E-state index in [9.17, 15) is 14.7 Å². The number of aliphatic hydroxyl groups excluding tert-OH is 1. The molecule has 3 rings (SSSR count). The van der Waals surface area contributed by atoms with Gasteiger partial charge in [0.2, 0.25) is 0 Å². The highest BCUT2D eigenvalue weighted by molar-refractivity contribution is 5.93. The zero-order chi connectivity index (χ0) is 20.8.